The Labute approximate surface area is 96.0 Å². The van der Waals surface area contributed by atoms with Crippen molar-refractivity contribution in [3.8, 4) is 0 Å². The normalized spacial score (nSPS) is 37.2. The molecule has 0 aromatic heterocycles. The molecule has 0 amide bonds. The van der Waals surface area contributed by atoms with E-state index in [1.54, 1.807) is 0 Å². The van der Waals surface area contributed by atoms with Crippen molar-refractivity contribution in [2.45, 2.75) is 18.8 Å². The van der Waals surface area contributed by atoms with Crippen LogP contribution in [0, 0.1) is 5.41 Å². The zero-order chi connectivity index (χ0) is 10.8. The fourth-order valence-electron chi connectivity index (χ4n) is 3.64. The van der Waals surface area contributed by atoms with Crippen LogP contribution >= 0.6 is 0 Å². The van der Waals surface area contributed by atoms with E-state index >= 15 is 0 Å². The molecule has 4 rings (SSSR count). The third-order valence-corrected chi connectivity index (χ3v) is 4.65. The van der Waals surface area contributed by atoms with Crippen molar-refractivity contribution >= 4 is 6.08 Å². The van der Waals surface area contributed by atoms with Crippen LogP contribution in [0.2, 0.25) is 0 Å². The predicted octanol–water partition coefficient (Wildman–Crippen LogP) is 3.86. The maximum absolute atomic E-state index is 2.42. The van der Waals surface area contributed by atoms with Gasteiger partial charge in [0.15, 0.2) is 0 Å². The van der Waals surface area contributed by atoms with Gasteiger partial charge in [0.2, 0.25) is 0 Å². The van der Waals surface area contributed by atoms with Crippen molar-refractivity contribution in [3.05, 3.63) is 65.3 Å². The molecule has 0 saturated heterocycles. The fraction of sp³-hybridized carbons (Fsp3) is 0.250. The largest absolute Gasteiger partial charge is 0.0727 e. The van der Waals surface area contributed by atoms with E-state index in [1.807, 2.05) is 0 Å². The van der Waals surface area contributed by atoms with Crippen molar-refractivity contribution in [2.24, 2.45) is 5.41 Å². The highest BCUT2D eigenvalue weighted by atomic mass is 14.7. The number of benzene rings is 1. The first-order chi connectivity index (χ1) is 7.79. The summed E-state index contributed by atoms with van der Waals surface area (Å²) < 4.78 is 0. The summed E-state index contributed by atoms with van der Waals surface area (Å²) in [5.74, 6) is 0. The smallest absolute Gasteiger partial charge is 0.0281 e. The maximum atomic E-state index is 2.42. The Hall–Kier alpha value is -1.56. The van der Waals surface area contributed by atoms with Gasteiger partial charge in [-0.25, -0.2) is 0 Å². The molecular formula is C16H14. The highest BCUT2D eigenvalue weighted by molar-refractivity contribution is 5.71. The molecule has 1 aromatic rings. The van der Waals surface area contributed by atoms with Crippen molar-refractivity contribution in [1.82, 2.24) is 0 Å². The molecule has 0 nitrogen and oxygen atoms in total. The van der Waals surface area contributed by atoms with Crippen LogP contribution in [0.25, 0.3) is 6.08 Å². The Balaban J connectivity index is 2.03. The van der Waals surface area contributed by atoms with Crippen molar-refractivity contribution in [2.75, 3.05) is 0 Å². The first-order valence-corrected chi connectivity index (χ1v) is 5.94. The number of hydrogen-bond donors (Lipinski definition) is 0. The van der Waals surface area contributed by atoms with Gasteiger partial charge < -0.3 is 0 Å². The molecule has 3 aliphatic carbocycles. The summed E-state index contributed by atoms with van der Waals surface area (Å²) in [6.45, 7) is 2.27. The quantitative estimate of drug-likeness (QED) is 0.604. The van der Waals surface area contributed by atoms with Crippen LogP contribution < -0.4 is 0 Å². The SMILES string of the molecule is CC1=CC=CC23CC12C=Cc1ccccc13. The Morgan fingerprint density at radius 1 is 1.06 bits per heavy atom. The second-order valence-electron chi connectivity index (χ2n) is 5.25. The molecule has 0 N–H and O–H groups in total. The van der Waals surface area contributed by atoms with E-state index in [0.29, 0.717) is 5.41 Å². The lowest BCUT2D eigenvalue weighted by molar-refractivity contribution is 0.649. The van der Waals surface area contributed by atoms with Gasteiger partial charge in [0.05, 0.1) is 0 Å². The van der Waals surface area contributed by atoms with Gasteiger partial charge in [-0.05, 0) is 24.5 Å². The van der Waals surface area contributed by atoms with Crippen LogP contribution in [0.5, 0.6) is 0 Å². The molecule has 1 saturated carbocycles. The summed E-state index contributed by atoms with van der Waals surface area (Å²) in [6.07, 6.45) is 12.9. The minimum absolute atomic E-state index is 0.289. The molecule has 0 radical (unpaired) electrons. The lowest BCUT2D eigenvalue weighted by Crippen LogP contribution is -2.21. The topological polar surface area (TPSA) is 0 Å². The van der Waals surface area contributed by atoms with E-state index in [2.05, 4.69) is 61.6 Å². The molecule has 0 heterocycles. The van der Waals surface area contributed by atoms with Gasteiger partial charge in [0, 0.05) is 10.8 Å². The van der Waals surface area contributed by atoms with Crippen LogP contribution in [0.15, 0.2) is 54.1 Å². The summed E-state index contributed by atoms with van der Waals surface area (Å²) in [5, 5.41) is 0. The van der Waals surface area contributed by atoms with Crippen LogP contribution in [-0.2, 0) is 5.41 Å². The molecule has 2 unspecified atom stereocenters. The Bertz CT molecular complexity index is 573. The number of rotatable bonds is 0. The van der Waals surface area contributed by atoms with Gasteiger partial charge in [-0.2, -0.15) is 0 Å². The van der Waals surface area contributed by atoms with Crippen LogP contribution in [0.3, 0.4) is 0 Å². The number of fused-ring (bicyclic) bond motifs is 1. The molecule has 1 fully saturated rings. The summed E-state index contributed by atoms with van der Waals surface area (Å²) in [4.78, 5) is 0. The second kappa shape index (κ2) is 2.40. The third kappa shape index (κ3) is 0.723. The first-order valence-electron chi connectivity index (χ1n) is 5.94. The average molecular weight is 206 g/mol. The van der Waals surface area contributed by atoms with Gasteiger partial charge in [-0.15, -0.1) is 0 Å². The summed E-state index contributed by atoms with van der Waals surface area (Å²) in [6, 6.07) is 8.82. The monoisotopic (exact) mass is 206 g/mol. The van der Waals surface area contributed by atoms with Crippen molar-refractivity contribution in [3.63, 3.8) is 0 Å². The molecule has 1 aromatic carbocycles. The zero-order valence-corrected chi connectivity index (χ0v) is 9.40. The summed E-state index contributed by atoms with van der Waals surface area (Å²) >= 11 is 0. The van der Waals surface area contributed by atoms with Gasteiger partial charge in [-0.1, -0.05) is 60.2 Å². The van der Waals surface area contributed by atoms with Crippen LogP contribution in [0.1, 0.15) is 24.5 Å². The molecular weight excluding hydrogens is 192 g/mol. The van der Waals surface area contributed by atoms with Gasteiger partial charge in [0.25, 0.3) is 0 Å². The van der Waals surface area contributed by atoms with E-state index in [4.69, 9.17) is 0 Å². The van der Waals surface area contributed by atoms with Crippen LogP contribution in [-0.4, -0.2) is 0 Å². The van der Waals surface area contributed by atoms with Crippen molar-refractivity contribution in [1.29, 1.82) is 0 Å². The Kier molecular flexibility index (Phi) is 1.29. The molecule has 3 aliphatic rings. The zero-order valence-electron chi connectivity index (χ0n) is 9.40. The molecule has 0 aliphatic heterocycles. The van der Waals surface area contributed by atoms with E-state index in [1.165, 1.54) is 23.1 Å². The number of allylic oxidation sites excluding steroid dienone is 5. The van der Waals surface area contributed by atoms with E-state index < -0.39 is 0 Å². The van der Waals surface area contributed by atoms with E-state index in [0.717, 1.165) is 0 Å². The summed E-state index contributed by atoms with van der Waals surface area (Å²) in [7, 11) is 0. The highest BCUT2D eigenvalue weighted by Crippen LogP contribution is 2.73. The average Bonchev–Trinajstić information content (AvgIpc) is 3.02. The third-order valence-electron chi connectivity index (χ3n) is 4.65. The van der Waals surface area contributed by atoms with E-state index in [-0.39, 0.29) is 5.41 Å². The molecule has 0 bridgehead atoms. The summed E-state index contributed by atoms with van der Waals surface area (Å²) in [5.41, 5.74) is 5.03. The minimum Gasteiger partial charge on any atom is -0.0727 e. The molecule has 2 atom stereocenters. The lowest BCUT2D eigenvalue weighted by atomic mass is 9.74. The van der Waals surface area contributed by atoms with Gasteiger partial charge >= 0.3 is 0 Å². The lowest BCUT2D eigenvalue weighted by Gasteiger charge is -2.29. The minimum atomic E-state index is 0.289. The molecule has 78 valence electrons. The molecule has 0 heteroatoms. The first kappa shape index (κ1) is 8.58. The van der Waals surface area contributed by atoms with Crippen LogP contribution in [0.4, 0.5) is 0 Å². The molecule has 0 spiro atoms. The highest BCUT2D eigenvalue weighted by Gasteiger charge is 2.68. The Morgan fingerprint density at radius 2 is 1.94 bits per heavy atom. The number of hydrogen-bond acceptors (Lipinski definition) is 0. The Morgan fingerprint density at radius 3 is 2.88 bits per heavy atom. The van der Waals surface area contributed by atoms with Crippen molar-refractivity contribution < 1.29 is 0 Å². The fourth-order valence-corrected chi connectivity index (χ4v) is 3.64. The van der Waals surface area contributed by atoms with Gasteiger partial charge in [-0.3, -0.25) is 0 Å². The standard InChI is InChI=1S/C16H14/c1-12-5-4-9-16-11-15(12,16)10-8-13-6-2-3-7-14(13)16/h2-10H,11H2,1H3. The molecule has 16 heavy (non-hydrogen) atoms. The maximum Gasteiger partial charge on any atom is 0.0281 e. The predicted molar refractivity (Wildman–Crippen MR) is 67.1 cm³/mol. The van der Waals surface area contributed by atoms with E-state index in [9.17, 15) is 0 Å². The van der Waals surface area contributed by atoms with Gasteiger partial charge in [0.1, 0.15) is 0 Å². The second-order valence-corrected chi connectivity index (χ2v) is 5.25.